The predicted octanol–water partition coefficient (Wildman–Crippen LogP) is -0.119. The van der Waals surface area contributed by atoms with Crippen LogP contribution in [-0.4, -0.2) is 66.5 Å². The second-order valence-corrected chi connectivity index (χ2v) is 6.43. The molecular formula is C17H22N4O4. The fourth-order valence-electron chi connectivity index (χ4n) is 3.17. The van der Waals surface area contributed by atoms with Crippen LogP contribution in [0.1, 0.15) is 10.4 Å². The van der Waals surface area contributed by atoms with Crippen LogP contribution in [0.5, 0.6) is 0 Å². The van der Waals surface area contributed by atoms with Gasteiger partial charge in [-0.25, -0.2) is 4.79 Å². The summed E-state index contributed by atoms with van der Waals surface area (Å²) >= 11 is 0. The van der Waals surface area contributed by atoms with Crippen LogP contribution in [0.25, 0.3) is 11.1 Å². The number of likely N-dealkylation sites (N-methyl/N-ethyl adjacent to an activating group) is 1. The second-order valence-electron chi connectivity index (χ2n) is 6.43. The topological polar surface area (TPSA) is 87.8 Å². The molecule has 2 amide bonds. The van der Waals surface area contributed by atoms with Crippen molar-refractivity contribution in [1.29, 1.82) is 0 Å². The van der Waals surface area contributed by atoms with Gasteiger partial charge in [-0.2, -0.15) is 0 Å². The predicted molar refractivity (Wildman–Crippen MR) is 92.4 cm³/mol. The summed E-state index contributed by atoms with van der Waals surface area (Å²) in [6.45, 7) is 2.22. The molecule has 1 fully saturated rings. The lowest BCUT2D eigenvalue weighted by molar-refractivity contribution is -0.125. The second kappa shape index (κ2) is 6.72. The Labute approximate surface area is 145 Å². The quantitative estimate of drug-likeness (QED) is 0.819. The van der Waals surface area contributed by atoms with E-state index in [1.165, 1.54) is 4.57 Å². The minimum atomic E-state index is -0.462. The van der Waals surface area contributed by atoms with E-state index < -0.39 is 5.76 Å². The Morgan fingerprint density at radius 3 is 2.68 bits per heavy atom. The van der Waals surface area contributed by atoms with Crippen LogP contribution in [-0.2, 0) is 11.8 Å². The van der Waals surface area contributed by atoms with Gasteiger partial charge in [0.15, 0.2) is 5.58 Å². The maximum absolute atomic E-state index is 12.9. The van der Waals surface area contributed by atoms with E-state index in [1.807, 2.05) is 7.05 Å². The number of aromatic nitrogens is 1. The summed E-state index contributed by atoms with van der Waals surface area (Å²) in [6, 6.07) is 4.94. The van der Waals surface area contributed by atoms with Gasteiger partial charge in [-0.05, 0) is 25.2 Å². The number of nitrogens with zero attached hydrogens (tertiary/aromatic N) is 3. The fourth-order valence-corrected chi connectivity index (χ4v) is 3.17. The van der Waals surface area contributed by atoms with Gasteiger partial charge < -0.3 is 19.5 Å². The van der Waals surface area contributed by atoms with E-state index in [-0.39, 0.29) is 17.7 Å². The van der Waals surface area contributed by atoms with Gasteiger partial charge in [0, 0.05) is 45.8 Å². The van der Waals surface area contributed by atoms with Gasteiger partial charge in [0.25, 0.3) is 5.91 Å². The van der Waals surface area contributed by atoms with Crippen molar-refractivity contribution < 1.29 is 14.0 Å². The van der Waals surface area contributed by atoms with Crippen LogP contribution < -0.4 is 11.1 Å². The zero-order valence-electron chi connectivity index (χ0n) is 14.6. The molecule has 2 aromatic rings. The van der Waals surface area contributed by atoms with E-state index >= 15 is 0 Å². The number of fused-ring (bicyclic) bond motifs is 1. The Hall–Kier alpha value is -2.61. The smallest absolute Gasteiger partial charge is 0.408 e. The molecule has 1 aliphatic rings. The highest BCUT2D eigenvalue weighted by Gasteiger charge is 2.29. The van der Waals surface area contributed by atoms with E-state index in [4.69, 9.17) is 4.42 Å². The zero-order valence-corrected chi connectivity index (χ0v) is 14.6. The molecule has 1 aromatic heterocycles. The van der Waals surface area contributed by atoms with Crippen molar-refractivity contribution in [2.24, 2.45) is 13.0 Å². The lowest BCUT2D eigenvalue weighted by atomic mass is 10.1. The average Bonchev–Trinajstić information content (AvgIpc) is 2.77. The van der Waals surface area contributed by atoms with Crippen LogP contribution in [0.4, 0.5) is 0 Å². The minimum absolute atomic E-state index is 0.0702. The highest BCUT2D eigenvalue weighted by molar-refractivity contribution is 5.97. The van der Waals surface area contributed by atoms with Crippen molar-refractivity contribution >= 4 is 22.9 Å². The third-order valence-electron chi connectivity index (χ3n) is 4.67. The van der Waals surface area contributed by atoms with Crippen LogP contribution in [0.2, 0.25) is 0 Å². The van der Waals surface area contributed by atoms with Crippen molar-refractivity contribution in [2.75, 3.05) is 40.3 Å². The summed E-state index contributed by atoms with van der Waals surface area (Å²) in [6.07, 6.45) is 0. The van der Waals surface area contributed by atoms with Gasteiger partial charge in [-0.15, -0.1) is 0 Å². The standard InChI is InChI=1S/C17H22N4O4/c1-18-15(22)12-9-19(2)6-7-21(10-12)16(23)11-4-5-14-13(8-11)20(3)17(24)25-14/h4-5,8,12H,6-7,9-10H2,1-3H3,(H,18,22)/t12-/m0/s1. The number of hydrogen-bond donors (Lipinski definition) is 1. The van der Waals surface area contributed by atoms with Crippen LogP contribution in [0, 0.1) is 5.92 Å². The number of amides is 2. The van der Waals surface area contributed by atoms with Gasteiger partial charge >= 0.3 is 5.76 Å². The van der Waals surface area contributed by atoms with E-state index in [0.29, 0.717) is 42.8 Å². The normalized spacial score (nSPS) is 19.0. The summed E-state index contributed by atoms with van der Waals surface area (Å²) in [5, 5.41) is 2.66. The number of nitrogens with one attached hydrogen (secondary N) is 1. The molecule has 1 saturated heterocycles. The summed E-state index contributed by atoms with van der Waals surface area (Å²) in [5.41, 5.74) is 1.50. The van der Waals surface area contributed by atoms with Gasteiger partial charge in [-0.3, -0.25) is 14.2 Å². The summed E-state index contributed by atoms with van der Waals surface area (Å²) in [4.78, 5) is 40.4. The Balaban J connectivity index is 1.89. The first-order chi connectivity index (χ1) is 11.9. The summed E-state index contributed by atoms with van der Waals surface area (Å²) in [5.74, 6) is -0.960. The first-order valence-corrected chi connectivity index (χ1v) is 8.19. The minimum Gasteiger partial charge on any atom is -0.408 e. The molecule has 0 radical (unpaired) electrons. The maximum Gasteiger partial charge on any atom is 0.419 e. The van der Waals surface area contributed by atoms with Crippen molar-refractivity contribution in [1.82, 2.24) is 19.7 Å². The number of rotatable bonds is 2. The maximum atomic E-state index is 12.9. The van der Waals surface area contributed by atoms with Crippen LogP contribution in [0.3, 0.4) is 0 Å². The molecule has 1 N–H and O–H groups in total. The monoisotopic (exact) mass is 346 g/mol. The molecular weight excluding hydrogens is 324 g/mol. The van der Waals surface area contributed by atoms with E-state index in [0.717, 1.165) is 0 Å². The van der Waals surface area contributed by atoms with E-state index in [1.54, 1.807) is 37.2 Å². The third kappa shape index (κ3) is 3.30. The van der Waals surface area contributed by atoms with Crippen molar-refractivity contribution in [3.05, 3.63) is 34.3 Å². The average molecular weight is 346 g/mol. The molecule has 2 heterocycles. The third-order valence-corrected chi connectivity index (χ3v) is 4.67. The van der Waals surface area contributed by atoms with Gasteiger partial charge in [0.05, 0.1) is 11.4 Å². The molecule has 25 heavy (non-hydrogen) atoms. The number of hydrogen-bond acceptors (Lipinski definition) is 5. The SMILES string of the molecule is CNC(=O)[C@H]1CN(C)CCN(C(=O)c2ccc3oc(=O)n(C)c3c2)C1. The van der Waals surface area contributed by atoms with Gasteiger partial charge in [-0.1, -0.05) is 0 Å². The number of carbonyl (C=O) groups is 2. The Morgan fingerprint density at radius 1 is 1.20 bits per heavy atom. The zero-order chi connectivity index (χ0) is 18.1. The Kier molecular flexibility index (Phi) is 4.63. The Bertz CT molecular complexity index is 869. The van der Waals surface area contributed by atoms with Crippen molar-refractivity contribution in [3.8, 4) is 0 Å². The van der Waals surface area contributed by atoms with E-state index in [9.17, 15) is 14.4 Å². The molecule has 0 aliphatic carbocycles. The molecule has 134 valence electrons. The molecule has 1 aliphatic heterocycles. The number of oxazole rings is 1. The summed E-state index contributed by atoms with van der Waals surface area (Å²) in [7, 11) is 5.15. The number of benzene rings is 1. The lowest BCUT2D eigenvalue weighted by Gasteiger charge is -2.23. The Morgan fingerprint density at radius 2 is 1.96 bits per heavy atom. The highest BCUT2D eigenvalue weighted by atomic mass is 16.4. The fraction of sp³-hybridized carbons (Fsp3) is 0.471. The molecule has 0 unspecified atom stereocenters. The molecule has 8 nitrogen and oxygen atoms in total. The summed E-state index contributed by atoms with van der Waals surface area (Å²) < 4.78 is 6.47. The van der Waals surface area contributed by atoms with E-state index in [2.05, 4.69) is 10.2 Å². The van der Waals surface area contributed by atoms with Gasteiger partial charge in [0.2, 0.25) is 5.91 Å². The first-order valence-electron chi connectivity index (χ1n) is 8.19. The number of aryl methyl sites for hydroxylation is 1. The number of carbonyl (C=O) groups excluding carboxylic acids is 2. The molecule has 1 aromatic carbocycles. The first kappa shape index (κ1) is 17.2. The molecule has 8 heteroatoms. The van der Waals surface area contributed by atoms with Crippen LogP contribution in [0.15, 0.2) is 27.4 Å². The molecule has 1 atom stereocenters. The molecule has 0 spiro atoms. The molecule has 0 saturated carbocycles. The molecule has 3 rings (SSSR count). The molecule has 0 bridgehead atoms. The van der Waals surface area contributed by atoms with Crippen molar-refractivity contribution in [2.45, 2.75) is 0 Å². The van der Waals surface area contributed by atoms with Gasteiger partial charge in [0.1, 0.15) is 0 Å². The van der Waals surface area contributed by atoms with Crippen LogP contribution >= 0.6 is 0 Å². The lowest BCUT2D eigenvalue weighted by Crippen LogP contribution is -2.41. The highest BCUT2D eigenvalue weighted by Crippen LogP contribution is 2.18. The largest absolute Gasteiger partial charge is 0.419 e. The van der Waals surface area contributed by atoms with Crippen molar-refractivity contribution in [3.63, 3.8) is 0 Å².